The zero-order valence-electron chi connectivity index (χ0n) is 10.4. The van der Waals surface area contributed by atoms with E-state index in [9.17, 15) is 8.42 Å². The van der Waals surface area contributed by atoms with E-state index in [1.165, 1.54) is 4.31 Å². The van der Waals surface area contributed by atoms with Gasteiger partial charge in [0.05, 0.1) is 12.3 Å². The highest BCUT2D eigenvalue weighted by molar-refractivity contribution is 7.89. The SMILES string of the molecule is COCCN(C1CC1)S(=O)(=O)c1ccccc1N. The van der Waals surface area contributed by atoms with Crippen LogP contribution in [0.15, 0.2) is 29.2 Å². The van der Waals surface area contributed by atoms with Gasteiger partial charge in [-0.1, -0.05) is 12.1 Å². The third kappa shape index (κ3) is 2.66. The van der Waals surface area contributed by atoms with Crippen molar-refractivity contribution in [3.63, 3.8) is 0 Å². The van der Waals surface area contributed by atoms with E-state index in [1.54, 1.807) is 31.4 Å². The molecule has 1 aromatic carbocycles. The van der Waals surface area contributed by atoms with Gasteiger partial charge in [-0.25, -0.2) is 8.42 Å². The maximum Gasteiger partial charge on any atom is 0.245 e. The van der Waals surface area contributed by atoms with Crippen LogP contribution >= 0.6 is 0 Å². The number of methoxy groups -OCH3 is 1. The molecule has 2 N–H and O–H groups in total. The van der Waals surface area contributed by atoms with Crippen LogP contribution in [0.5, 0.6) is 0 Å². The summed E-state index contributed by atoms with van der Waals surface area (Å²) in [7, 11) is -1.95. The average Bonchev–Trinajstić information content (AvgIpc) is 3.14. The second kappa shape index (κ2) is 5.26. The van der Waals surface area contributed by atoms with E-state index >= 15 is 0 Å². The van der Waals surface area contributed by atoms with Crippen LogP contribution in [0.1, 0.15) is 12.8 Å². The maximum atomic E-state index is 12.5. The van der Waals surface area contributed by atoms with Gasteiger partial charge in [0, 0.05) is 19.7 Å². The molecule has 0 unspecified atom stereocenters. The summed E-state index contributed by atoms with van der Waals surface area (Å²) < 4.78 is 31.5. The monoisotopic (exact) mass is 270 g/mol. The third-order valence-corrected chi connectivity index (χ3v) is 5.00. The number of benzene rings is 1. The van der Waals surface area contributed by atoms with E-state index in [0.29, 0.717) is 18.8 Å². The summed E-state index contributed by atoms with van der Waals surface area (Å²) in [4.78, 5) is 0.188. The molecule has 0 atom stereocenters. The molecule has 6 heteroatoms. The zero-order valence-corrected chi connectivity index (χ0v) is 11.2. The summed E-state index contributed by atoms with van der Waals surface area (Å²) >= 11 is 0. The fourth-order valence-electron chi connectivity index (χ4n) is 1.88. The lowest BCUT2D eigenvalue weighted by molar-refractivity contribution is 0.177. The van der Waals surface area contributed by atoms with Gasteiger partial charge in [-0.15, -0.1) is 0 Å². The lowest BCUT2D eigenvalue weighted by Gasteiger charge is -2.22. The minimum atomic E-state index is -3.51. The summed E-state index contributed by atoms with van der Waals surface area (Å²) in [5.41, 5.74) is 6.05. The van der Waals surface area contributed by atoms with Gasteiger partial charge in [0.2, 0.25) is 10.0 Å². The molecule has 1 saturated carbocycles. The molecule has 5 nitrogen and oxygen atoms in total. The highest BCUT2D eigenvalue weighted by atomic mass is 32.2. The molecule has 0 amide bonds. The van der Waals surface area contributed by atoms with Crippen molar-refractivity contribution in [2.24, 2.45) is 0 Å². The van der Waals surface area contributed by atoms with Crippen LogP contribution in [-0.4, -0.2) is 39.0 Å². The van der Waals surface area contributed by atoms with Gasteiger partial charge in [0.1, 0.15) is 4.90 Å². The molecule has 100 valence electrons. The van der Waals surface area contributed by atoms with E-state index in [-0.39, 0.29) is 10.9 Å². The summed E-state index contributed by atoms with van der Waals surface area (Å²) in [6.45, 7) is 0.764. The number of nitrogen functional groups attached to an aromatic ring is 1. The second-order valence-corrected chi connectivity index (χ2v) is 6.24. The molecule has 18 heavy (non-hydrogen) atoms. The smallest absolute Gasteiger partial charge is 0.245 e. The van der Waals surface area contributed by atoms with Crippen LogP contribution < -0.4 is 5.73 Å². The number of rotatable bonds is 6. The Morgan fingerprint density at radius 3 is 2.61 bits per heavy atom. The first-order valence-electron chi connectivity index (χ1n) is 5.92. The largest absolute Gasteiger partial charge is 0.398 e. The van der Waals surface area contributed by atoms with E-state index in [2.05, 4.69) is 0 Å². The summed E-state index contributed by atoms with van der Waals surface area (Å²) in [5.74, 6) is 0. The van der Waals surface area contributed by atoms with Gasteiger partial charge in [-0.2, -0.15) is 4.31 Å². The average molecular weight is 270 g/mol. The molecule has 0 aromatic heterocycles. The highest BCUT2D eigenvalue weighted by Crippen LogP contribution is 2.33. The van der Waals surface area contributed by atoms with Crippen molar-refractivity contribution < 1.29 is 13.2 Å². The van der Waals surface area contributed by atoms with Crippen molar-refractivity contribution in [1.29, 1.82) is 0 Å². The highest BCUT2D eigenvalue weighted by Gasteiger charge is 2.38. The topological polar surface area (TPSA) is 72.6 Å². The van der Waals surface area contributed by atoms with E-state index in [4.69, 9.17) is 10.5 Å². The van der Waals surface area contributed by atoms with Gasteiger partial charge in [0.25, 0.3) is 0 Å². The Labute approximate surface area is 108 Å². The number of sulfonamides is 1. The van der Waals surface area contributed by atoms with Crippen LogP contribution in [0.4, 0.5) is 5.69 Å². The first kappa shape index (κ1) is 13.3. The standard InChI is InChI=1S/C12H18N2O3S/c1-17-9-8-14(10-6-7-10)18(15,16)12-5-3-2-4-11(12)13/h2-5,10H,6-9,13H2,1H3. The fraction of sp³-hybridized carbons (Fsp3) is 0.500. The number of nitrogens with zero attached hydrogens (tertiary/aromatic N) is 1. The van der Waals surface area contributed by atoms with Gasteiger partial charge >= 0.3 is 0 Å². The van der Waals surface area contributed by atoms with Crippen LogP contribution in [0.3, 0.4) is 0 Å². The van der Waals surface area contributed by atoms with Crippen molar-refractivity contribution >= 4 is 15.7 Å². The zero-order chi connectivity index (χ0) is 13.2. The van der Waals surface area contributed by atoms with Gasteiger partial charge in [0.15, 0.2) is 0 Å². The van der Waals surface area contributed by atoms with Crippen LogP contribution in [0, 0.1) is 0 Å². The summed E-state index contributed by atoms with van der Waals surface area (Å²) in [6.07, 6.45) is 1.82. The van der Waals surface area contributed by atoms with E-state index in [1.807, 2.05) is 0 Å². The molecule has 0 aliphatic heterocycles. The van der Waals surface area contributed by atoms with Crippen molar-refractivity contribution in [1.82, 2.24) is 4.31 Å². The second-order valence-electron chi connectivity index (χ2n) is 4.38. The molecule has 0 saturated heterocycles. The van der Waals surface area contributed by atoms with Crippen LogP contribution in [0.2, 0.25) is 0 Å². The van der Waals surface area contributed by atoms with Crippen molar-refractivity contribution in [3.8, 4) is 0 Å². The first-order chi connectivity index (χ1) is 8.57. The molecule has 0 heterocycles. The Morgan fingerprint density at radius 1 is 1.39 bits per heavy atom. The number of nitrogens with two attached hydrogens (primary N) is 1. The summed E-state index contributed by atoms with van der Waals surface area (Å²) in [6, 6.07) is 6.67. The molecule has 0 radical (unpaired) electrons. The van der Waals surface area contributed by atoms with Gasteiger partial charge in [-0.05, 0) is 25.0 Å². The molecule has 1 aromatic rings. The Kier molecular flexibility index (Phi) is 3.89. The quantitative estimate of drug-likeness (QED) is 0.785. The molecule has 1 aliphatic carbocycles. The number of ether oxygens (including phenoxy) is 1. The lowest BCUT2D eigenvalue weighted by Crippen LogP contribution is -2.36. The Balaban J connectivity index is 2.30. The molecule has 0 spiro atoms. The molecule has 1 aliphatic rings. The Hall–Kier alpha value is -1.11. The van der Waals surface area contributed by atoms with Crippen LogP contribution in [-0.2, 0) is 14.8 Å². The molecular formula is C12H18N2O3S. The van der Waals surface area contributed by atoms with Crippen molar-refractivity contribution in [2.45, 2.75) is 23.8 Å². The molecular weight excluding hydrogens is 252 g/mol. The predicted molar refractivity (Wildman–Crippen MR) is 69.6 cm³/mol. The van der Waals surface area contributed by atoms with E-state index < -0.39 is 10.0 Å². The predicted octanol–water partition coefficient (Wildman–Crippen LogP) is 1.07. The number of hydrogen-bond donors (Lipinski definition) is 1. The Morgan fingerprint density at radius 2 is 2.06 bits per heavy atom. The summed E-state index contributed by atoms with van der Waals surface area (Å²) in [5, 5.41) is 0. The minimum Gasteiger partial charge on any atom is -0.398 e. The number of para-hydroxylation sites is 1. The number of hydrogen-bond acceptors (Lipinski definition) is 4. The lowest BCUT2D eigenvalue weighted by atomic mass is 10.3. The first-order valence-corrected chi connectivity index (χ1v) is 7.36. The van der Waals surface area contributed by atoms with Gasteiger partial charge < -0.3 is 10.5 Å². The molecule has 1 fully saturated rings. The van der Waals surface area contributed by atoms with Crippen LogP contribution in [0.25, 0.3) is 0 Å². The third-order valence-electron chi connectivity index (χ3n) is 2.98. The Bertz CT molecular complexity index is 512. The maximum absolute atomic E-state index is 12.5. The normalized spacial score (nSPS) is 16.1. The van der Waals surface area contributed by atoms with E-state index in [0.717, 1.165) is 12.8 Å². The minimum absolute atomic E-state index is 0.102. The van der Waals surface area contributed by atoms with Crippen molar-refractivity contribution in [2.75, 3.05) is 26.0 Å². The van der Waals surface area contributed by atoms with Crippen molar-refractivity contribution in [3.05, 3.63) is 24.3 Å². The van der Waals surface area contributed by atoms with Gasteiger partial charge in [-0.3, -0.25) is 0 Å². The molecule has 2 rings (SSSR count). The molecule has 0 bridgehead atoms. The fourth-order valence-corrected chi connectivity index (χ4v) is 3.67. The number of anilines is 1.